The maximum Gasteiger partial charge on any atom is 0.241 e. The average Bonchev–Trinajstić information content (AvgIpc) is 2.90. The molecule has 0 aliphatic heterocycles. The first-order chi connectivity index (χ1) is 9.96. The molecule has 1 heterocycles. The number of nitrogens with zero attached hydrogens (tertiary/aromatic N) is 1. The second kappa shape index (κ2) is 6.38. The number of aryl methyl sites for hydroxylation is 2. The summed E-state index contributed by atoms with van der Waals surface area (Å²) in [5.41, 5.74) is 1.79. The van der Waals surface area contributed by atoms with Crippen molar-refractivity contribution in [3.8, 4) is 0 Å². The van der Waals surface area contributed by atoms with Crippen LogP contribution in [0.4, 0.5) is 0 Å². The predicted molar refractivity (Wildman–Crippen MR) is 77.0 cm³/mol. The number of benzene rings is 1. The lowest BCUT2D eigenvalue weighted by Crippen LogP contribution is -2.24. The summed E-state index contributed by atoms with van der Waals surface area (Å²) in [6.45, 7) is 3.49. The standard InChI is InChI=1S/C14H18N2O4S/c1-3-12-5-4-11(9-17)7-14(12)21(18,19)15-8-13-6-10(2)20-16-13/h4-7,15,17H,3,8-9H2,1-2H3. The third kappa shape index (κ3) is 3.69. The molecule has 0 aliphatic rings. The van der Waals surface area contributed by atoms with E-state index in [2.05, 4.69) is 9.88 Å². The lowest BCUT2D eigenvalue weighted by molar-refractivity contribution is 0.281. The topological polar surface area (TPSA) is 92.4 Å². The Morgan fingerprint density at radius 3 is 2.67 bits per heavy atom. The molecule has 0 unspecified atom stereocenters. The minimum absolute atomic E-state index is 0.0617. The molecule has 21 heavy (non-hydrogen) atoms. The van der Waals surface area contributed by atoms with Crippen LogP contribution in [0.1, 0.15) is 29.5 Å². The van der Waals surface area contributed by atoms with Crippen molar-refractivity contribution < 1.29 is 18.0 Å². The van der Waals surface area contributed by atoms with Crippen molar-refractivity contribution in [1.29, 1.82) is 0 Å². The highest BCUT2D eigenvalue weighted by molar-refractivity contribution is 7.89. The van der Waals surface area contributed by atoms with E-state index >= 15 is 0 Å². The lowest BCUT2D eigenvalue weighted by atomic mass is 10.1. The quantitative estimate of drug-likeness (QED) is 0.844. The molecule has 0 spiro atoms. The fourth-order valence-electron chi connectivity index (χ4n) is 1.99. The van der Waals surface area contributed by atoms with E-state index in [1.165, 1.54) is 6.07 Å². The zero-order chi connectivity index (χ0) is 15.5. The number of sulfonamides is 1. The van der Waals surface area contributed by atoms with Crippen molar-refractivity contribution in [1.82, 2.24) is 9.88 Å². The van der Waals surface area contributed by atoms with E-state index in [0.29, 0.717) is 29.0 Å². The molecule has 0 radical (unpaired) electrons. The van der Waals surface area contributed by atoms with Gasteiger partial charge in [0.15, 0.2) is 0 Å². The summed E-state index contributed by atoms with van der Waals surface area (Å²) >= 11 is 0. The van der Waals surface area contributed by atoms with Gasteiger partial charge in [-0.05, 0) is 30.5 Å². The number of rotatable bonds is 6. The molecule has 2 rings (SSSR count). The van der Waals surface area contributed by atoms with Crippen LogP contribution in [0.5, 0.6) is 0 Å². The Bertz CT molecular complexity index is 722. The van der Waals surface area contributed by atoms with Gasteiger partial charge in [0.25, 0.3) is 0 Å². The Hall–Kier alpha value is -1.70. The Balaban J connectivity index is 2.26. The third-order valence-corrected chi connectivity index (χ3v) is 4.59. The zero-order valence-electron chi connectivity index (χ0n) is 12.0. The van der Waals surface area contributed by atoms with Gasteiger partial charge in [0.1, 0.15) is 5.76 Å². The van der Waals surface area contributed by atoms with E-state index in [1.807, 2.05) is 6.92 Å². The highest BCUT2D eigenvalue weighted by atomic mass is 32.2. The SMILES string of the molecule is CCc1ccc(CO)cc1S(=O)(=O)NCc1cc(C)on1. The maximum atomic E-state index is 12.4. The van der Waals surface area contributed by atoms with Gasteiger partial charge in [-0.3, -0.25) is 0 Å². The van der Waals surface area contributed by atoms with Gasteiger partial charge in [-0.25, -0.2) is 13.1 Å². The zero-order valence-corrected chi connectivity index (χ0v) is 12.8. The molecule has 7 heteroatoms. The second-order valence-electron chi connectivity index (χ2n) is 4.71. The van der Waals surface area contributed by atoms with Crippen LogP contribution in [0.3, 0.4) is 0 Å². The van der Waals surface area contributed by atoms with Crippen LogP contribution in [0.25, 0.3) is 0 Å². The summed E-state index contributed by atoms with van der Waals surface area (Å²) in [6, 6.07) is 6.61. The molecule has 0 bridgehead atoms. The largest absolute Gasteiger partial charge is 0.392 e. The monoisotopic (exact) mass is 310 g/mol. The molecule has 2 N–H and O–H groups in total. The van der Waals surface area contributed by atoms with Gasteiger partial charge in [-0.1, -0.05) is 24.2 Å². The molecule has 0 saturated carbocycles. The smallest absolute Gasteiger partial charge is 0.241 e. The number of aliphatic hydroxyl groups is 1. The Kier molecular flexibility index (Phi) is 4.76. The fraction of sp³-hybridized carbons (Fsp3) is 0.357. The Morgan fingerprint density at radius 1 is 1.33 bits per heavy atom. The van der Waals surface area contributed by atoms with Gasteiger partial charge < -0.3 is 9.63 Å². The van der Waals surface area contributed by atoms with Crippen molar-refractivity contribution >= 4 is 10.0 Å². The van der Waals surface area contributed by atoms with E-state index < -0.39 is 10.0 Å². The summed E-state index contributed by atoms with van der Waals surface area (Å²) in [6.07, 6.45) is 0.588. The molecule has 0 aliphatic carbocycles. The number of aliphatic hydroxyl groups excluding tert-OH is 1. The molecule has 6 nitrogen and oxygen atoms in total. The van der Waals surface area contributed by atoms with Crippen molar-refractivity contribution in [3.05, 3.63) is 46.8 Å². The fourth-order valence-corrected chi connectivity index (χ4v) is 3.34. The van der Waals surface area contributed by atoms with E-state index in [9.17, 15) is 8.42 Å². The minimum Gasteiger partial charge on any atom is -0.392 e. The number of aromatic nitrogens is 1. The third-order valence-electron chi connectivity index (χ3n) is 3.10. The summed E-state index contributed by atoms with van der Waals surface area (Å²) < 4.78 is 32.2. The van der Waals surface area contributed by atoms with Gasteiger partial charge >= 0.3 is 0 Å². The van der Waals surface area contributed by atoms with Gasteiger partial charge in [0.2, 0.25) is 10.0 Å². The molecular formula is C14H18N2O4S. The Morgan fingerprint density at radius 2 is 2.10 bits per heavy atom. The molecule has 1 aromatic carbocycles. The van der Waals surface area contributed by atoms with Gasteiger partial charge in [-0.15, -0.1) is 0 Å². The maximum absolute atomic E-state index is 12.4. The molecule has 0 atom stereocenters. The normalized spacial score (nSPS) is 11.8. The highest BCUT2D eigenvalue weighted by Gasteiger charge is 2.18. The molecule has 0 saturated heterocycles. The van der Waals surface area contributed by atoms with E-state index in [0.717, 1.165) is 0 Å². The number of hydrogen-bond donors (Lipinski definition) is 2. The van der Waals surface area contributed by atoms with Crippen LogP contribution < -0.4 is 4.72 Å². The average molecular weight is 310 g/mol. The molecule has 1 aromatic heterocycles. The minimum atomic E-state index is -3.67. The Labute approximate surface area is 123 Å². The van der Waals surface area contributed by atoms with Gasteiger partial charge in [0, 0.05) is 6.07 Å². The number of nitrogens with one attached hydrogen (secondary N) is 1. The van der Waals surface area contributed by atoms with Gasteiger partial charge in [0.05, 0.1) is 23.7 Å². The highest BCUT2D eigenvalue weighted by Crippen LogP contribution is 2.19. The van der Waals surface area contributed by atoms with Crippen molar-refractivity contribution in [2.75, 3.05) is 0 Å². The lowest BCUT2D eigenvalue weighted by Gasteiger charge is -2.11. The first-order valence-corrected chi connectivity index (χ1v) is 8.09. The predicted octanol–water partition coefficient (Wildman–Crippen LogP) is 1.52. The molecule has 2 aromatic rings. The molecule has 114 valence electrons. The van der Waals surface area contributed by atoms with Gasteiger partial charge in [-0.2, -0.15) is 0 Å². The number of hydrogen-bond acceptors (Lipinski definition) is 5. The summed E-state index contributed by atoms with van der Waals surface area (Å²) in [7, 11) is -3.67. The molecular weight excluding hydrogens is 292 g/mol. The van der Waals surface area contributed by atoms with E-state index in [1.54, 1.807) is 25.1 Å². The first-order valence-electron chi connectivity index (χ1n) is 6.60. The summed E-state index contributed by atoms with van der Waals surface area (Å²) in [4.78, 5) is 0.191. The van der Waals surface area contributed by atoms with Crippen LogP contribution in [0.15, 0.2) is 33.7 Å². The van der Waals surface area contributed by atoms with Crippen molar-refractivity contribution in [3.63, 3.8) is 0 Å². The van der Waals surface area contributed by atoms with Crippen LogP contribution in [0, 0.1) is 6.92 Å². The van der Waals surface area contributed by atoms with Crippen LogP contribution >= 0.6 is 0 Å². The second-order valence-corrected chi connectivity index (χ2v) is 6.44. The van der Waals surface area contributed by atoms with Crippen molar-refractivity contribution in [2.24, 2.45) is 0 Å². The van der Waals surface area contributed by atoms with E-state index in [-0.39, 0.29) is 18.0 Å². The summed E-state index contributed by atoms with van der Waals surface area (Å²) in [5.74, 6) is 0.626. The van der Waals surface area contributed by atoms with Crippen LogP contribution in [-0.2, 0) is 29.6 Å². The molecule has 0 fully saturated rings. The first kappa shape index (κ1) is 15.7. The summed E-state index contributed by atoms with van der Waals surface area (Å²) in [5, 5.41) is 12.9. The van der Waals surface area contributed by atoms with Crippen LogP contribution in [0.2, 0.25) is 0 Å². The molecule has 0 amide bonds. The van der Waals surface area contributed by atoms with Crippen molar-refractivity contribution in [2.45, 2.75) is 38.3 Å². The van der Waals surface area contributed by atoms with Crippen LogP contribution in [-0.4, -0.2) is 18.7 Å². The van der Waals surface area contributed by atoms with E-state index in [4.69, 9.17) is 9.63 Å².